The summed E-state index contributed by atoms with van der Waals surface area (Å²) in [7, 11) is 0. The molecule has 0 saturated carbocycles. The topological polar surface area (TPSA) is 64.1 Å². The van der Waals surface area contributed by atoms with Crippen LogP contribution in [0, 0.1) is 0 Å². The molecule has 0 saturated heterocycles. The molecule has 5 nitrogen and oxygen atoms in total. The van der Waals surface area contributed by atoms with Gasteiger partial charge in [0.2, 0.25) is 5.78 Å². The molecule has 158 valence electrons. The number of carbonyl (C=O) groups excluding carboxylic acids is 2. The van der Waals surface area contributed by atoms with Crippen molar-refractivity contribution in [2.24, 2.45) is 0 Å². The lowest BCUT2D eigenvalue weighted by molar-refractivity contribution is 0.0526. The van der Waals surface area contributed by atoms with Crippen LogP contribution in [0.3, 0.4) is 0 Å². The van der Waals surface area contributed by atoms with E-state index in [9.17, 15) is 9.59 Å². The number of ether oxygens (including phenoxy) is 1. The monoisotopic (exact) mass is 442 g/mol. The molecule has 0 fully saturated rings. The standard InChI is InChI=1S/C26H19ClN2O3/c1-2-32-26(31)17-9-13-19(14-10-17)29-15-22-23(20-5-3-4-6-21(20)28-22)24(29)25(30)16-7-11-18(27)12-8-16/h3-15,28H,2H2,1H3. The fourth-order valence-electron chi connectivity index (χ4n) is 3.97. The lowest BCUT2D eigenvalue weighted by Crippen LogP contribution is -2.09. The Kier molecular flexibility index (Phi) is 5.04. The summed E-state index contributed by atoms with van der Waals surface area (Å²) >= 11 is 6.03. The van der Waals surface area contributed by atoms with Crippen LogP contribution in [0.25, 0.3) is 27.5 Å². The van der Waals surface area contributed by atoms with Crippen molar-refractivity contribution >= 4 is 45.2 Å². The average Bonchev–Trinajstić information content (AvgIpc) is 3.35. The fraction of sp³-hybridized carbons (Fsp3) is 0.0769. The van der Waals surface area contributed by atoms with Crippen LogP contribution in [0.1, 0.15) is 33.3 Å². The first kappa shape index (κ1) is 20.1. The maximum atomic E-state index is 13.7. The van der Waals surface area contributed by atoms with E-state index in [1.165, 1.54) is 0 Å². The zero-order valence-electron chi connectivity index (χ0n) is 17.3. The molecule has 0 bridgehead atoms. The lowest BCUT2D eigenvalue weighted by Gasteiger charge is -2.11. The van der Waals surface area contributed by atoms with Gasteiger partial charge in [-0.15, -0.1) is 0 Å². The molecule has 2 aromatic heterocycles. The van der Waals surface area contributed by atoms with Gasteiger partial charge in [-0.2, -0.15) is 0 Å². The molecule has 0 amide bonds. The third-order valence-electron chi connectivity index (χ3n) is 5.45. The summed E-state index contributed by atoms with van der Waals surface area (Å²) in [5.41, 5.74) is 4.14. The number of carbonyl (C=O) groups is 2. The molecule has 3 aromatic carbocycles. The second kappa shape index (κ2) is 8.02. The maximum Gasteiger partial charge on any atom is 0.338 e. The summed E-state index contributed by atoms with van der Waals surface area (Å²) in [6, 6.07) is 21.8. The van der Waals surface area contributed by atoms with Gasteiger partial charge in [-0.1, -0.05) is 29.8 Å². The number of hydrogen-bond acceptors (Lipinski definition) is 3. The van der Waals surface area contributed by atoms with E-state index < -0.39 is 0 Å². The molecule has 0 unspecified atom stereocenters. The summed E-state index contributed by atoms with van der Waals surface area (Å²) in [6.45, 7) is 2.09. The summed E-state index contributed by atoms with van der Waals surface area (Å²) in [6.07, 6.45) is 1.91. The molecular weight excluding hydrogens is 424 g/mol. The van der Waals surface area contributed by atoms with Crippen molar-refractivity contribution in [2.75, 3.05) is 6.61 Å². The Morgan fingerprint density at radius 2 is 1.59 bits per heavy atom. The largest absolute Gasteiger partial charge is 0.462 e. The van der Waals surface area contributed by atoms with E-state index in [0.717, 1.165) is 27.5 Å². The number of hydrogen-bond donors (Lipinski definition) is 1. The first-order chi connectivity index (χ1) is 15.6. The number of benzene rings is 3. The van der Waals surface area contributed by atoms with Crippen LogP contribution in [0.2, 0.25) is 5.02 Å². The number of rotatable bonds is 5. The van der Waals surface area contributed by atoms with Gasteiger partial charge in [0.1, 0.15) is 5.69 Å². The number of esters is 1. The van der Waals surface area contributed by atoms with Gasteiger partial charge in [-0.25, -0.2) is 4.79 Å². The molecule has 6 heteroatoms. The van der Waals surface area contributed by atoms with Gasteiger partial charge in [0.25, 0.3) is 0 Å². The van der Waals surface area contributed by atoms with Crippen molar-refractivity contribution in [3.63, 3.8) is 0 Å². The van der Waals surface area contributed by atoms with E-state index >= 15 is 0 Å². The SMILES string of the molecule is CCOC(=O)c1ccc(-n2cc3[nH]c4ccccc4c3c2C(=O)c2ccc(Cl)cc2)cc1. The number of H-pyrrole nitrogens is 1. The minimum atomic E-state index is -0.373. The zero-order valence-corrected chi connectivity index (χ0v) is 18.0. The normalized spacial score (nSPS) is 11.2. The molecule has 0 atom stereocenters. The van der Waals surface area contributed by atoms with Crippen molar-refractivity contribution in [2.45, 2.75) is 6.92 Å². The van der Waals surface area contributed by atoms with E-state index in [4.69, 9.17) is 16.3 Å². The number of nitrogens with zero attached hydrogens (tertiary/aromatic N) is 1. The molecule has 1 N–H and O–H groups in total. The summed E-state index contributed by atoms with van der Waals surface area (Å²) in [5, 5.41) is 2.40. The predicted molar refractivity (Wildman–Crippen MR) is 126 cm³/mol. The number of nitrogens with one attached hydrogen (secondary N) is 1. The van der Waals surface area contributed by atoms with E-state index in [0.29, 0.717) is 28.5 Å². The highest BCUT2D eigenvalue weighted by molar-refractivity contribution is 6.31. The Labute approximate surface area is 189 Å². The number of ketones is 1. The minimum absolute atomic E-state index is 0.115. The third-order valence-corrected chi connectivity index (χ3v) is 5.70. The smallest absolute Gasteiger partial charge is 0.338 e. The van der Waals surface area contributed by atoms with Crippen LogP contribution in [0.15, 0.2) is 79.0 Å². The highest BCUT2D eigenvalue weighted by Gasteiger charge is 2.23. The van der Waals surface area contributed by atoms with Crippen molar-refractivity contribution in [1.29, 1.82) is 0 Å². The Balaban J connectivity index is 1.70. The molecule has 0 aliphatic carbocycles. The highest BCUT2D eigenvalue weighted by atomic mass is 35.5. The minimum Gasteiger partial charge on any atom is -0.462 e. The third kappa shape index (κ3) is 3.37. The first-order valence-electron chi connectivity index (χ1n) is 10.3. The summed E-state index contributed by atoms with van der Waals surface area (Å²) in [5.74, 6) is -0.488. The van der Waals surface area contributed by atoms with Crippen LogP contribution in [-0.4, -0.2) is 27.9 Å². The van der Waals surface area contributed by atoms with Gasteiger partial charge in [-0.3, -0.25) is 4.79 Å². The summed E-state index contributed by atoms with van der Waals surface area (Å²) < 4.78 is 6.93. The number of para-hydroxylation sites is 1. The molecule has 5 aromatic rings. The second-order valence-corrected chi connectivity index (χ2v) is 7.85. The number of aromatic amines is 1. The quantitative estimate of drug-likeness (QED) is 0.261. The zero-order chi connectivity index (χ0) is 22.2. The second-order valence-electron chi connectivity index (χ2n) is 7.41. The fourth-order valence-corrected chi connectivity index (χ4v) is 4.09. The molecule has 0 aliphatic heterocycles. The van der Waals surface area contributed by atoms with E-state index in [-0.39, 0.29) is 11.8 Å². The number of halogens is 1. The Morgan fingerprint density at radius 3 is 2.31 bits per heavy atom. The van der Waals surface area contributed by atoms with Crippen LogP contribution in [0.5, 0.6) is 0 Å². The Hall–Kier alpha value is -3.83. The molecule has 0 radical (unpaired) electrons. The Bertz CT molecular complexity index is 1460. The van der Waals surface area contributed by atoms with E-state index in [1.54, 1.807) is 43.3 Å². The predicted octanol–water partition coefficient (Wildman–Crippen LogP) is 6.17. The number of fused-ring (bicyclic) bond motifs is 3. The molecule has 5 rings (SSSR count). The lowest BCUT2D eigenvalue weighted by atomic mass is 10.0. The highest BCUT2D eigenvalue weighted by Crippen LogP contribution is 2.33. The van der Waals surface area contributed by atoms with Crippen LogP contribution >= 0.6 is 11.6 Å². The summed E-state index contributed by atoms with van der Waals surface area (Å²) in [4.78, 5) is 29.1. The van der Waals surface area contributed by atoms with Crippen molar-refractivity contribution in [3.05, 3.63) is 101 Å². The number of aromatic nitrogens is 2. The molecule has 32 heavy (non-hydrogen) atoms. The van der Waals surface area contributed by atoms with Crippen LogP contribution in [0.4, 0.5) is 0 Å². The van der Waals surface area contributed by atoms with Crippen LogP contribution in [-0.2, 0) is 4.74 Å². The van der Waals surface area contributed by atoms with Gasteiger partial charge in [-0.05, 0) is 61.5 Å². The maximum absolute atomic E-state index is 13.7. The molecule has 2 heterocycles. The molecule has 0 aliphatic rings. The van der Waals surface area contributed by atoms with Crippen LogP contribution < -0.4 is 0 Å². The van der Waals surface area contributed by atoms with E-state index in [2.05, 4.69) is 4.98 Å². The average molecular weight is 443 g/mol. The van der Waals surface area contributed by atoms with Gasteiger partial charge in [0, 0.05) is 38.8 Å². The van der Waals surface area contributed by atoms with Crippen molar-refractivity contribution in [1.82, 2.24) is 9.55 Å². The molecule has 0 spiro atoms. The molecular formula is C26H19ClN2O3. The van der Waals surface area contributed by atoms with Gasteiger partial charge >= 0.3 is 5.97 Å². The van der Waals surface area contributed by atoms with Crippen molar-refractivity contribution < 1.29 is 14.3 Å². The van der Waals surface area contributed by atoms with E-state index in [1.807, 2.05) is 47.2 Å². The van der Waals surface area contributed by atoms with Gasteiger partial charge in [0.05, 0.1) is 17.7 Å². The Morgan fingerprint density at radius 1 is 0.906 bits per heavy atom. The van der Waals surface area contributed by atoms with Gasteiger partial charge in [0.15, 0.2) is 0 Å². The van der Waals surface area contributed by atoms with Crippen molar-refractivity contribution in [3.8, 4) is 5.69 Å². The van der Waals surface area contributed by atoms with Gasteiger partial charge < -0.3 is 14.3 Å². The first-order valence-corrected chi connectivity index (χ1v) is 10.6.